The minimum atomic E-state index is -0.881. The van der Waals surface area contributed by atoms with E-state index >= 15 is 0 Å². The van der Waals surface area contributed by atoms with Crippen molar-refractivity contribution in [1.82, 2.24) is 9.80 Å². The fourth-order valence-electron chi connectivity index (χ4n) is 2.33. The van der Waals surface area contributed by atoms with Crippen LogP contribution in [0.25, 0.3) is 0 Å². The molecule has 1 heterocycles. The average Bonchev–Trinajstić information content (AvgIpc) is 2.39. The van der Waals surface area contributed by atoms with Crippen LogP contribution in [0.15, 0.2) is 0 Å². The number of likely N-dealkylation sites (tertiary alicyclic amines) is 1. The molecule has 1 aliphatic rings. The topological polar surface area (TPSA) is 70.1 Å². The van der Waals surface area contributed by atoms with Crippen molar-refractivity contribution in [2.75, 3.05) is 33.3 Å². The predicted molar refractivity (Wildman–Crippen MR) is 71.0 cm³/mol. The Bertz CT molecular complexity index is 322. The lowest BCUT2D eigenvalue weighted by atomic mass is 9.96. The molecule has 0 aromatic heterocycles. The molecule has 1 saturated heterocycles. The molecule has 0 spiro atoms. The first-order chi connectivity index (χ1) is 8.99. The lowest BCUT2D eigenvalue weighted by molar-refractivity contribution is -0.137. The summed E-state index contributed by atoms with van der Waals surface area (Å²) >= 11 is 0. The predicted octanol–water partition coefficient (Wildman–Crippen LogP) is 1.26. The van der Waals surface area contributed by atoms with Gasteiger partial charge in [-0.15, -0.1) is 0 Å². The second-order valence-corrected chi connectivity index (χ2v) is 4.99. The molecule has 110 valence electrons. The molecule has 0 aromatic carbocycles. The van der Waals surface area contributed by atoms with Gasteiger partial charge in [-0.05, 0) is 19.3 Å². The fraction of sp³-hybridized carbons (Fsp3) is 0.846. The van der Waals surface area contributed by atoms with Crippen LogP contribution in [0, 0.1) is 5.92 Å². The van der Waals surface area contributed by atoms with Gasteiger partial charge in [-0.2, -0.15) is 0 Å². The van der Waals surface area contributed by atoms with Gasteiger partial charge in [0.15, 0.2) is 0 Å². The van der Waals surface area contributed by atoms with Gasteiger partial charge in [-0.3, -0.25) is 4.79 Å². The highest BCUT2D eigenvalue weighted by Crippen LogP contribution is 2.20. The third kappa shape index (κ3) is 4.38. The van der Waals surface area contributed by atoms with Crippen molar-refractivity contribution < 1.29 is 19.4 Å². The maximum absolute atomic E-state index is 12.3. The Kier molecular flexibility index (Phi) is 6.08. The molecule has 19 heavy (non-hydrogen) atoms. The monoisotopic (exact) mass is 272 g/mol. The molecule has 1 rings (SSSR count). The number of carbonyl (C=O) groups is 2. The smallest absolute Gasteiger partial charge is 0.320 e. The lowest BCUT2D eigenvalue weighted by Crippen LogP contribution is -2.51. The van der Waals surface area contributed by atoms with Crippen LogP contribution < -0.4 is 0 Å². The van der Waals surface area contributed by atoms with Gasteiger partial charge >= 0.3 is 12.0 Å². The van der Waals surface area contributed by atoms with E-state index in [0.717, 1.165) is 6.42 Å². The van der Waals surface area contributed by atoms with Gasteiger partial charge in [-0.1, -0.05) is 6.92 Å². The number of rotatable bonds is 5. The fourth-order valence-corrected chi connectivity index (χ4v) is 2.33. The Hall–Kier alpha value is -1.30. The highest BCUT2D eigenvalue weighted by molar-refractivity contribution is 5.75. The van der Waals surface area contributed by atoms with Crippen LogP contribution in [-0.2, 0) is 9.53 Å². The summed E-state index contributed by atoms with van der Waals surface area (Å²) in [5.41, 5.74) is 0. The molecular weight excluding hydrogens is 248 g/mol. The normalized spacial score (nSPS) is 23.2. The molecular formula is C13H24N2O4. The number of hydrogen-bond acceptors (Lipinski definition) is 3. The zero-order valence-corrected chi connectivity index (χ0v) is 12.0. The first-order valence-corrected chi connectivity index (χ1v) is 6.78. The van der Waals surface area contributed by atoms with Crippen LogP contribution in [0.4, 0.5) is 4.79 Å². The minimum Gasteiger partial charge on any atom is -0.481 e. The number of ether oxygens (including phenoxy) is 1. The number of nitrogens with zero attached hydrogens (tertiary/aromatic N) is 2. The molecule has 1 N–H and O–H groups in total. The molecule has 0 aromatic rings. The first-order valence-electron chi connectivity index (χ1n) is 6.78. The van der Waals surface area contributed by atoms with E-state index in [1.54, 1.807) is 16.9 Å². The van der Waals surface area contributed by atoms with Gasteiger partial charge in [0.25, 0.3) is 0 Å². The average molecular weight is 272 g/mol. The van der Waals surface area contributed by atoms with Crippen molar-refractivity contribution in [3.8, 4) is 0 Å². The summed E-state index contributed by atoms with van der Waals surface area (Å²) < 4.78 is 5.39. The van der Waals surface area contributed by atoms with E-state index in [-0.39, 0.29) is 25.1 Å². The number of amides is 2. The van der Waals surface area contributed by atoms with Crippen molar-refractivity contribution in [1.29, 1.82) is 0 Å². The van der Waals surface area contributed by atoms with Gasteiger partial charge in [0.1, 0.15) is 0 Å². The molecule has 0 aliphatic carbocycles. The van der Waals surface area contributed by atoms with Crippen molar-refractivity contribution in [3.05, 3.63) is 0 Å². The summed E-state index contributed by atoms with van der Waals surface area (Å²) in [6.07, 6.45) is 0.967. The van der Waals surface area contributed by atoms with Gasteiger partial charge in [0.2, 0.25) is 0 Å². The summed E-state index contributed by atoms with van der Waals surface area (Å²) in [6, 6.07) is -0.0855. The Labute approximate surface area is 114 Å². The molecule has 1 aliphatic heterocycles. The van der Waals surface area contributed by atoms with Crippen LogP contribution in [0.3, 0.4) is 0 Å². The van der Waals surface area contributed by atoms with E-state index in [1.165, 1.54) is 0 Å². The maximum Gasteiger partial charge on any atom is 0.320 e. The molecule has 0 bridgehead atoms. The van der Waals surface area contributed by atoms with Crippen LogP contribution in [-0.4, -0.2) is 66.3 Å². The van der Waals surface area contributed by atoms with Crippen molar-refractivity contribution in [2.45, 2.75) is 32.8 Å². The van der Waals surface area contributed by atoms with E-state index in [1.807, 2.05) is 6.92 Å². The number of methoxy groups -OCH3 is 1. The Balaban J connectivity index is 2.57. The molecule has 1 fully saturated rings. The molecule has 0 saturated carbocycles. The molecule has 0 radical (unpaired) electrons. The van der Waals surface area contributed by atoms with Crippen molar-refractivity contribution >= 4 is 12.0 Å². The summed E-state index contributed by atoms with van der Waals surface area (Å²) in [7, 11) is 1.66. The number of carboxylic acid groups (broad SMARTS) is 1. The van der Waals surface area contributed by atoms with E-state index in [9.17, 15) is 9.59 Å². The van der Waals surface area contributed by atoms with Crippen LogP contribution >= 0.6 is 0 Å². The van der Waals surface area contributed by atoms with Gasteiger partial charge < -0.3 is 19.6 Å². The Morgan fingerprint density at radius 1 is 1.47 bits per heavy atom. The van der Waals surface area contributed by atoms with E-state index in [0.29, 0.717) is 25.6 Å². The van der Waals surface area contributed by atoms with Crippen molar-refractivity contribution in [2.24, 2.45) is 5.92 Å². The second kappa shape index (κ2) is 7.33. The van der Waals surface area contributed by atoms with E-state index in [2.05, 4.69) is 6.92 Å². The number of aliphatic carboxylic acids is 1. The highest BCUT2D eigenvalue weighted by Gasteiger charge is 2.30. The third-order valence-corrected chi connectivity index (χ3v) is 3.71. The van der Waals surface area contributed by atoms with Gasteiger partial charge in [0, 0.05) is 33.3 Å². The third-order valence-electron chi connectivity index (χ3n) is 3.71. The van der Waals surface area contributed by atoms with E-state index < -0.39 is 5.97 Å². The lowest BCUT2D eigenvalue weighted by Gasteiger charge is -2.38. The van der Waals surface area contributed by atoms with Crippen LogP contribution in [0.2, 0.25) is 0 Å². The molecule has 6 heteroatoms. The molecule has 2 unspecified atom stereocenters. The highest BCUT2D eigenvalue weighted by atomic mass is 16.5. The summed E-state index contributed by atoms with van der Waals surface area (Å²) in [4.78, 5) is 26.2. The van der Waals surface area contributed by atoms with Crippen molar-refractivity contribution in [3.63, 3.8) is 0 Å². The number of urea groups is 1. The van der Waals surface area contributed by atoms with E-state index in [4.69, 9.17) is 9.84 Å². The van der Waals surface area contributed by atoms with Crippen LogP contribution in [0.1, 0.15) is 26.7 Å². The second-order valence-electron chi connectivity index (χ2n) is 4.99. The zero-order valence-electron chi connectivity index (χ0n) is 12.0. The van der Waals surface area contributed by atoms with Crippen LogP contribution in [0.5, 0.6) is 0 Å². The molecule has 6 nitrogen and oxygen atoms in total. The first kappa shape index (κ1) is 15.8. The minimum absolute atomic E-state index is 0.0163. The Morgan fingerprint density at radius 2 is 2.16 bits per heavy atom. The van der Waals surface area contributed by atoms with Gasteiger partial charge in [-0.25, -0.2) is 4.79 Å². The SMILES string of the molecule is CCN(CCC(=O)O)C(=O)N1CCC(C)C(OC)C1. The molecule has 2 atom stereocenters. The Morgan fingerprint density at radius 3 is 2.68 bits per heavy atom. The molecule has 2 amide bonds. The number of hydrogen-bond donors (Lipinski definition) is 1. The summed E-state index contributed by atoms with van der Waals surface area (Å²) in [5, 5.41) is 8.69. The summed E-state index contributed by atoms with van der Waals surface area (Å²) in [6.45, 7) is 6.06. The standard InChI is InChI=1S/C13H24N2O4/c1-4-14(8-6-12(16)17)13(18)15-7-5-10(2)11(9-15)19-3/h10-11H,4-9H2,1-3H3,(H,16,17). The zero-order chi connectivity index (χ0) is 14.4. The quantitative estimate of drug-likeness (QED) is 0.818. The summed E-state index contributed by atoms with van der Waals surface area (Å²) in [5.74, 6) is -0.434. The number of piperidine rings is 1. The maximum atomic E-state index is 12.3. The number of carboxylic acids is 1. The largest absolute Gasteiger partial charge is 0.481 e. The number of carbonyl (C=O) groups excluding carboxylic acids is 1. The van der Waals surface area contributed by atoms with Gasteiger partial charge in [0.05, 0.1) is 12.5 Å².